The molecule has 22 heavy (non-hydrogen) atoms. The van der Waals surface area contributed by atoms with E-state index in [0.29, 0.717) is 0 Å². The largest absolute Gasteiger partial charge is 0.357 e. The Morgan fingerprint density at radius 3 is 2.50 bits per heavy atom. The van der Waals surface area contributed by atoms with Crippen LogP contribution in [0.15, 0.2) is 18.3 Å². The summed E-state index contributed by atoms with van der Waals surface area (Å²) >= 11 is 0. The number of carbonyl (C=O) groups is 1. The van der Waals surface area contributed by atoms with Gasteiger partial charge >= 0.3 is 0 Å². The summed E-state index contributed by atoms with van der Waals surface area (Å²) in [4.78, 5) is 19.1. The quantitative estimate of drug-likeness (QED) is 0.922. The molecule has 3 rings (SSSR count). The summed E-state index contributed by atoms with van der Waals surface area (Å²) in [6.45, 7) is 4.48. The number of hydrogen-bond donors (Lipinski definition) is 1. The molecule has 1 saturated heterocycles. The minimum absolute atomic E-state index is 0.168. The minimum atomic E-state index is 0.168. The second-order valence-corrected chi connectivity index (χ2v) is 6.90. The van der Waals surface area contributed by atoms with Crippen molar-refractivity contribution < 1.29 is 4.79 Å². The molecule has 1 N–H and O–H groups in total. The fraction of sp³-hybridized carbons (Fsp3) is 0.667. The molecule has 4 nitrogen and oxygen atoms in total. The fourth-order valence-electron chi connectivity index (χ4n) is 3.49. The summed E-state index contributed by atoms with van der Waals surface area (Å²) in [5, 5.41) is 3.03. The van der Waals surface area contributed by atoms with E-state index in [4.69, 9.17) is 0 Å². The van der Waals surface area contributed by atoms with Gasteiger partial charge in [-0.3, -0.25) is 4.79 Å². The Morgan fingerprint density at radius 1 is 1.14 bits per heavy atom. The maximum atomic E-state index is 12.2. The predicted molar refractivity (Wildman–Crippen MR) is 90.1 cm³/mol. The second kappa shape index (κ2) is 7.12. The molecule has 120 valence electrons. The molecule has 0 bridgehead atoms. The highest BCUT2D eigenvalue weighted by Gasteiger charge is 2.21. The molecule has 1 amide bonds. The lowest BCUT2D eigenvalue weighted by atomic mass is 9.88. The summed E-state index contributed by atoms with van der Waals surface area (Å²) in [6, 6.07) is 4.02. The topological polar surface area (TPSA) is 45.2 Å². The molecule has 1 aromatic rings. The first-order valence-corrected chi connectivity index (χ1v) is 8.74. The zero-order chi connectivity index (χ0) is 15.4. The Bertz CT molecular complexity index is 486. The van der Waals surface area contributed by atoms with Gasteiger partial charge in [0.25, 0.3) is 0 Å². The molecule has 4 heteroatoms. The van der Waals surface area contributed by atoms with Gasteiger partial charge < -0.3 is 10.2 Å². The number of nitrogens with zero attached hydrogens (tertiary/aromatic N) is 2. The molecule has 0 aromatic carbocycles. The van der Waals surface area contributed by atoms with Gasteiger partial charge in [0.2, 0.25) is 5.91 Å². The van der Waals surface area contributed by atoms with Crippen molar-refractivity contribution in [2.45, 2.75) is 51.9 Å². The average molecular weight is 301 g/mol. The third kappa shape index (κ3) is 3.79. The van der Waals surface area contributed by atoms with Crippen molar-refractivity contribution in [3.05, 3.63) is 18.3 Å². The molecule has 0 spiro atoms. The molecule has 1 aliphatic carbocycles. The zero-order valence-electron chi connectivity index (χ0n) is 13.6. The summed E-state index contributed by atoms with van der Waals surface area (Å²) in [7, 11) is 0. The van der Waals surface area contributed by atoms with Gasteiger partial charge in [0.15, 0.2) is 0 Å². The summed E-state index contributed by atoms with van der Waals surface area (Å²) in [5.41, 5.74) is 0.824. The number of rotatable bonds is 3. The van der Waals surface area contributed by atoms with Crippen LogP contribution >= 0.6 is 0 Å². The molecule has 1 saturated carbocycles. The molecular formula is C18H27N3O. The second-order valence-electron chi connectivity index (χ2n) is 6.90. The van der Waals surface area contributed by atoms with E-state index in [1.165, 1.54) is 32.1 Å². The van der Waals surface area contributed by atoms with Crippen molar-refractivity contribution in [1.29, 1.82) is 0 Å². The van der Waals surface area contributed by atoms with Crippen LogP contribution in [0.3, 0.4) is 0 Å². The molecule has 2 heterocycles. The van der Waals surface area contributed by atoms with Crippen LogP contribution in [0, 0.1) is 11.8 Å². The Morgan fingerprint density at radius 2 is 1.86 bits per heavy atom. The molecule has 0 radical (unpaired) electrons. The van der Waals surface area contributed by atoms with Crippen LogP contribution in [0.1, 0.15) is 51.9 Å². The fourth-order valence-corrected chi connectivity index (χ4v) is 3.49. The normalized spacial score (nSPS) is 20.9. The van der Waals surface area contributed by atoms with Crippen molar-refractivity contribution >= 4 is 17.4 Å². The highest BCUT2D eigenvalue weighted by Crippen LogP contribution is 2.26. The van der Waals surface area contributed by atoms with E-state index in [-0.39, 0.29) is 11.8 Å². The number of carbonyl (C=O) groups excluding carboxylic acids is 1. The zero-order valence-corrected chi connectivity index (χ0v) is 13.6. The molecule has 1 aliphatic heterocycles. The highest BCUT2D eigenvalue weighted by molar-refractivity contribution is 5.92. The molecular weight excluding hydrogens is 274 g/mol. The summed E-state index contributed by atoms with van der Waals surface area (Å²) in [5.74, 6) is 2.21. The van der Waals surface area contributed by atoms with Gasteiger partial charge in [0, 0.05) is 19.0 Å². The Hall–Kier alpha value is -1.58. The SMILES string of the molecule is CC1CCN(c2ccc(NC(=O)C3CCCCC3)cn2)CC1. The van der Waals surface area contributed by atoms with Gasteiger partial charge in [-0.25, -0.2) is 4.98 Å². The third-order valence-corrected chi connectivity index (χ3v) is 5.10. The van der Waals surface area contributed by atoms with Crippen molar-refractivity contribution in [2.75, 3.05) is 23.3 Å². The van der Waals surface area contributed by atoms with E-state index in [1.807, 2.05) is 12.1 Å². The van der Waals surface area contributed by atoms with Gasteiger partial charge in [-0.1, -0.05) is 26.2 Å². The standard InChI is InChI=1S/C18H27N3O/c1-14-9-11-21(12-10-14)17-8-7-16(13-19-17)20-18(22)15-5-3-2-4-6-15/h7-8,13-15H,2-6,9-12H2,1H3,(H,20,22). The van der Waals surface area contributed by atoms with Crippen molar-refractivity contribution in [3.63, 3.8) is 0 Å². The first kappa shape index (κ1) is 15.3. The number of nitrogens with one attached hydrogen (secondary N) is 1. The van der Waals surface area contributed by atoms with Crippen LogP contribution in [0.4, 0.5) is 11.5 Å². The molecule has 0 unspecified atom stereocenters. The Kier molecular flexibility index (Phi) is 4.96. The van der Waals surface area contributed by atoms with E-state index in [0.717, 1.165) is 43.4 Å². The van der Waals surface area contributed by atoms with Crippen molar-refractivity contribution in [2.24, 2.45) is 11.8 Å². The van der Waals surface area contributed by atoms with Crippen LogP contribution in [0.5, 0.6) is 0 Å². The van der Waals surface area contributed by atoms with E-state index >= 15 is 0 Å². The average Bonchev–Trinajstić information content (AvgIpc) is 2.57. The van der Waals surface area contributed by atoms with Gasteiger partial charge in [0.05, 0.1) is 11.9 Å². The molecule has 2 fully saturated rings. The van der Waals surface area contributed by atoms with E-state index in [2.05, 4.69) is 22.1 Å². The number of amides is 1. The maximum Gasteiger partial charge on any atom is 0.227 e. The first-order chi connectivity index (χ1) is 10.7. The summed E-state index contributed by atoms with van der Waals surface area (Å²) in [6.07, 6.45) is 9.98. The van der Waals surface area contributed by atoms with E-state index in [9.17, 15) is 4.79 Å². The highest BCUT2D eigenvalue weighted by atomic mass is 16.1. The maximum absolute atomic E-state index is 12.2. The van der Waals surface area contributed by atoms with Crippen LogP contribution in [0.2, 0.25) is 0 Å². The van der Waals surface area contributed by atoms with Crippen LogP contribution in [-0.4, -0.2) is 24.0 Å². The lowest BCUT2D eigenvalue weighted by Crippen LogP contribution is -2.33. The van der Waals surface area contributed by atoms with Crippen molar-refractivity contribution in [1.82, 2.24) is 4.98 Å². The number of piperidine rings is 1. The lowest BCUT2D eigenvalue weighted by Gasteiger charge is -2.31. The molecule has 1 aromatic heterocycles. The molecule has 2 aliphatic rings. The van der Waals surface area contributed by atoms with Crippen LogP contribution < -0.4 is 10.2 Å². The van der Waals surface area contributed by atoms with Crippen molar-refractivity contribution in [3.8, 4) is 0 Å². The van der Waals surface area contributed by atoms with Crippen LogP contribution in [0.25, 0.3) is 0 Å². The smallest absolute Gasteiger partial charge is 0.227 e. The number of aromatic nitrogens is 1. The predicted octanol–water partition coefficient (Wildman–Crippen LogP) is 3.84. The van der Waals surface area contributed by atoms with Gasteiger partial charge in [-0.15, -0.1) is 0 Å². The van der Waals surface area contributed by atoms with Gasteiger partial charge in [-0.2, -0.15) is 0 Å². The third-order valence-electron chi connectivity index (χ3n) is 5.10. The molecule has 0 atom stereocenters. The minimum Gasteiger partial charge on any atom is -0.357 e. The van der Waals surface area contributed by atoms with Gasteiger partial charge in [-0.05, 0) is 43.7 Å². The van der Waals surface area contributed by atoms with Gasteiger partial charge in [0.1, 0.15) is 5.82 Å². The van der Waals surface area contributed by atoms with E-state index < -0.39 is 0 Å². The van der Waals surface area contributed by atoms with E-state index in [1.54, 1.807) is 6.20 Å². The van der Waals surface area contributed by atoms with Crippen LogP contribution in [-0.2, 0) is 4.79 Å². The number of pyridine rings is 1. The monoisotopic (exact) mass is 301 g/mol. The Balaban J connectivity index is 1.56. The number of anilines is 2. The Labute approximate surface area is 133 Å². The lowest BCUT2D eigenvalue weighted by molar-refractivity contribution is -0.120. The summed E-state index contributed by atoms with van der Waals surface area (Å²) < 4.78 is 0. The first-order valence-electron chi connectivity index (χ1n) is 8.74. The number of hydrogen-bond acceptors (Lipinski definition) is 3.